The van der Waals surface area contributed by atoms with E-state index in [1.807, 2.05) is 0 Å². The van der Waals surface area contributed by atoms with Crippen LogP contribution in [0.25, 0.3) is 0 Å². The Kier molecular flexibility index (Phi) is 6.34. The van der Waals surface area contributed by atoms with Crippen LogP contribution in [0, 0.1) is 0 Å². The van der Waals surface area contributed by atoms with Gasteiger partial charge in [0, 0.05) is 0 Å². The molecular formula is C10H16O2. The number of rotatable bonds is 4. The van der Waals surface area contributed by atoms with Crippen LogP contribution in [-0.4, -0.2) is 22.4 Å². The van der Waals surface area contributed by atoms with Crippen molar-refractivity contribution < 1.29 is 10.2 Å². The van der Waals surface area contributed by atoms with Crippen LogP contribution in [0.15, 0.2) is 36.5 Å². The number of hydrogen-bond acceptors (Lipinski definition) is 2. The van der Waals surface area contributed by atoms with Crippen LogP contribution in [0.5, 0.6) is 0 Å². The highest BCUT2D eigenvalue weighted by molar-refractivity contribution is 5.12. The molecule has 0 rings (SSSR count). The van der Waals surface area contributed by atoms with Gasteiger partial charge in [0.15, 0.2) is 0 Å². The normalized spacial score (nSPS) is 18.0. The van der Waals surface area contributed by atoms with Crippen molar-refractivity contribution in [2.45, 2.75) is 26.1 Å². The highest BCUT2D eigenvalue weighted by atomic mass is 16.3. The van der Waals surface area contributed by atoms with Gasteiger partial charge in [-0.3, -0.25) is 0 Å². The van der Waals surface area contributed by atoms with Gasteiger partial charge in [0.1, 0.15) is 0 Å². The Morgan fingerprint density at radius 3 is 1.33 bits per heavy atom. The molecule has 2 heteroatoms. The van der Waals surface area contributed by atoms with Gasteiger partial charge in [0.05, 0.1) is 12.2 Å². The molecule has 68 valence electrons. The largest absolute Gasteiger partial charge is 0.389 e. The Labute approximate surface area is 73.5 Å². The van der Waals surface area contributed by atoms with Crippen LogP contribution >= 0.6 is 0 Å². The molecular weight excluding hydrogens is 152 g/mol. The zero-order valence-corrected chi connectivity index (χ0v) is 7.51. The van der Waals surface area contributed by atoms with Crippen molar-refractivity contribution in [2.24, 2.45) is 0 Å². The quantitative estimate of drug-likeness (QED) is 0.623. The minimum atomic E-state index is -0.407. The fourth-order valence-electron chi connectivity index (χ4n) is 0.578. The third-order valence-electron chi connectivity index (χ3n) is 1.11. The topological polar surface area (TPSA) is 40.5 Å². The minimum Gasteiger partial charge on any atom is -0.389 e. The lowest BCUT2D eigenvalue weighted by Crippen LogP contribution is -1.90. The van der Waals surface area contributed by atoms with Crippen molar-refractivity contribution in [2.75, 3.05) is 0 Å². The summed E-state index contributed by atoms with van der Waals surface area (Å²) in [6.07, 6.45) is 9.65. The van der Waals surface area contributed by atoms with E-state index < -0.39 is 12.2 Å². The van der Waals surface area contributed by atoms with Gasteiger partial charge in [-0.1, -0.05) is 36.5 Å². The molecule has 0 fully saturated rings. The molecule has 0 aromatic rings. The van der Waals surface area contributed by atoms with Crippen LogP contribution < -0.4 is 0 Å². The average Bonchev–Trinajstić information content (AvgIpc) is 1.95. The van der Waals surface area contributed by atoms with E-state index in [2.05, 4.69) is 0 Å². The molecule has 2 N–H and O–H groups in total. The Bertz CT molecular complexity index is 156. The van der Waals surface area contributed by atoms with Gasteiger partial charge in [0.25, 0.3) is 0 Å². The standard InChI is InChI=1S/C10H16O2/c1-9(11)7-5-3-4-6-8-10(2)12/h3-12H,1-2H3/b4-3-,7-5+,8-6+. The summed E-state index contributed by atoms with van der Waals surface area (Å²) in [6.45, 7) is 3.38. The maximum Gasteiger partial charge on any atom is 0.0695 e. The maximum absolute atomic E-state index is 8.82. The molecule has 0 spiro atoms. The monoisotopic (exact) mass is 168 g/mol. The second-order valence-corrected chi connectivity index (χ2v) is 2.64. The fourth-order valence-corrected chi connectivity index (χ4v) is 0.578. The first-order valence-electron chi connectivity index (χ1n) is 4.00. The van der Waals surface area contributed by atoms with Crippen LogP contribution in [0.2, 0.25) is 0 Å². The van der Waals surface area contributed by atoms with Crippen molar-refractivity contribution in [3.63, 3.8) is 0 Å². The average molecular weight is 168 g/mol. The summed E-state index contributed by atoms with van der Waals surface area (Å²) < 4.78 is 0. The summed E-state index contributed by atoms with van der Waals surface area (Å²) in [7, 11) is 0. The molecule has 2 unspecified atom stereocenters. The van der Waals surface area contributed by atoms with Crippen LogP contribution in [-0.2, 0) is 0 Å². The minimum absolute atomic E-state index is 0.407. The molecule has 0 aromatic carbocycles. The Balaban J connectivity index is 3.63. The van der Waals surface area contributed by atoms with Gasteiger partial charge in [-0.05, 0) is 13.8 Å². The summed E-state index contributed by atoms with van der Waals surface area (Å²) in [5.41, 5.74) is 0. The molecule has 0 aliphatic carbocycles. The van der Waals surface area contributed by atoms with E-state index in [4.69, 9.17) is 10.2 Å². The Morgan fingerprint density at radius 1 is 0.750 bits per heavy atom. The summed E-state index contributed by atoms with van der Waals surface area (Å²) in [6, 6.07) is 0. The molecule has 2 nitrogen and oxygen atoms in total. The van der Waals surface area contributed by atoms with Gasteiger partial charge in [0.2, 0.25) is 0 Å². The fraction of sp³-hybridized carbons (Fsp3) is 0.400. The SMILES string of the molecule is CC(O)/C=C/C=C\C=C\C(C)O. The smallest absolute Gasteiger partial charge is 0.0695 e. The number of allylic oxidation sites excluding steroid dienone is 4. The van der Waals surface area contributed by atoms with Crippen LogP contribution in [0.3, 0.4) is 0 Å². The van der Waals surface area contributed by atoms with Crippen molar-refractivity contribution in [3.05, 3.63) is 36.5 Å². The van der Waals surface area contributed by atoms with Crippen molar-refractivity contribution >= 4 is 0 Å². The van der Waals surface area contributed by atoms with Crippen LogP contribution in [0.1, 0.15) is 13.8 Å². The van der Waals surface area contributed by atoms with Gasteiger partial charge in [-0.15, -0.1) is 0 Å². The van der Waals surface area contributed by atoms with E-state index in [1.165, 1.54) is 0 Å². The number of aliphatic hydroxyl groups is 2. The number of hydrogen-bond donors (Lipinski definition) is 2. The molecule has 0 aliphatic heterocycles. The van der Waals surface area contributed by atoms with Crippen LogP contribution in [0.4, 0.5) is 0 Å². The highest BCUT2D eigenvalue weighted by Gasteiger charge is 1.81. The molecule has 12 heavy (non-hydrogen) atoms. The third kappa shape index (κ3) is 9.14. The maximum atomic E-state index is 8.82. The molecule has 0 heterocycles. The first-order chi connectivity index (χ1) is 5.63. The molecule has 0 bridgehead atoms. The van der Waals surface area contributed by atoms with Gasteiger partial charge in [-0.2, -0.15) is 0 Å². The Morgan fingerprint density at radius 2 is 1.08 bits per heavy atom. The molecule has 0 saturated carbocycles. The lowest BCUT2D eigenvalue weighted by Gasteiger charge is -1.89. The molecule has 0 aliphatic rings. The predicted molar refractivity (Wildman–Crippen MR) is 50.8 cm³/mol. The molecule has 0 saturated heterocycles. The highest BCUT2D eigenvalue weighted by Crippen LogP contribution is 1.87. The molecule has 0 aromatic heterocycles. The van der Waals surface area contributed by atoms with E-state index in [9.17, 15) is 0 Å². The summed E-state index contributed by atoms with van der Waals surface area (Å²) in [4.78, 5) is 0. The van der Waals surface area contributed by atoms with E-state index in [-0.39, 0.29) is 0 Å². The molecule has 2 atom stereocenters. The number of aliphatic hydroxyl groups excluding tert-OH is 2. The summed E-state index contributed by atoms with van der Waals surface area (Å²) >= 11 is 0. The second-order valence-electron chi connectivity index (χ2n) is 2.64. The van der Waals surface area contributed by atoms with E-state index >= 15 is 0 Å². The van der Waals surface area contributed by atoms with Crippen molar-refractivity contribution in [1.29, 1.82) is 0 Å². The third-order valence-corrected chi connectivity index (χ3v) is 1.11. The zero-order valence-electron chi connectivity index (χ0n) is 7.51. The lowest BCUT2D eigenvalue weighted by atomic mass is 10.3. The van der Waals surface area contributed by atoms with Gasteiger partial charge >= 0.3 is 0 Å². The van der Waals surface area contributed by atoms with E-state index in [0.717, 1.165) is 0 Å². The summed E-state index contributed by atoms with van der Waals surface area (Å²) in [5.74, 6) is 0. The second kappa shape index (κ2) is 6.83. The molecule has 0 radical (unpaired) electrons. The van der Waals surface area contributed by atoms with Crippen molar-refractivity contribution in [3.8, 4) is 0 Å². The Hall–Kier alpha value is -0.860. The van der Waals surface area contributed by atoms with Crippen molar-refractivity contribution in [1.82, 2.24) is 0 Å². The van der Waals surface area contributed by atoms with E-state index in [1.54, 1.807) is 50.3 Å². The first-order valence-corrected chi connectivity index (χ1v) is 4.00. The first kappa shape index (κ1) is 11.1. The van der Waals surface area contributed by atoms with Gasteiger partial charge < -0.3 is 10.2 Å². The molecule has 0 amide bonds. The van der Waals surface area contributed by atoms with E-state index in [0.29, 0.717) is 0 Å². The van der Waals surface area contributed by atoms with Gasteiger partial charge in [-0.25, -0.2) is 0 Å². The zero-order chi connectivity index (χ0) is 9.40. The lowest BCUT2D eigenvalue weighted by molar-refractivity contribution is 0.243. The summed E-state index contributed by atoms with van der Waals surface area (Å²) in [5, 5.41) is 17.6. The predicted octanol–water partition coefficient (Wildman–Crippen LogP) is 1.42.